The first kappa shape index (κ1) is 25.8. The summed E-state index contributed by atoms with van der Waals surface area (Å²) in [6, 6.07) is 25.5. The van der Waals surface area contributed by atoms with Gasteiger partial charge < -0.3 is 24.4 Å². The van der Waals surface area contributed by atoms with Gasteiger partial charge in [-0.15, -0.1) is 0 Å². The second-order valence-corrected chi connectivity index (χ2v) is 7.96. The number of methoxy groups -OCH3 is 2. The molecule has 0 bridgehead atoms. The topological polar surface area (TPSA) is 77.1 Å². The number of ether oxygens (including phenoxy) is 3. The van der Waals surface area contributed by atoms with Gasteiger partial charge in [-0.2, -0.15) is 0 Å². The number of hydrogen-bond donors (Lipinski definition) is 1. The number of carbonyl (C=O) groups is 2. The Labute approximate surface area is 206 Å². The van der Waals surface area contributed by atoms with E-state index in [0.717, 1.165) is 16.9 Å². The molecule has 3 aromatic carbocycles. The van der Waals surface area contributed by atoms with Gasteiger partial charge in [-0.1, -0.05) is 60.7 Å². The standard InChI is InChI=1S/C28H32N2O5/c1-33-18-17-29-28(32)26(19-22-9-5-3-6-10-22)30(20-23-13-15-24(34-2)16-14-23)27(31)21-35-25-11-7-4-8-12-25/h3-16,26H,17-21H2,1-2H3,(H,29,32)/t26-/m1/s1. The van der Waals surface area contributed by atoms with E-state index in [9.17, 15) is 9.59 Å². The lowest BCUT2D eigenvalue weighted by Crippen LogP contribution is -2.52. The van der Waals surface area contributed by atoms with Crippen molar-refractivity contribution in [3.63, 3.8) is 0 Å². The fraction of sp³-hybridized carbons (Fsp3) is 0.286. The predicted molar refractivity (Wildman–Crippen MR) is 134 cm³/mol. The third-order valence-corrected chi connectivity index (χ3v) is 5.49. The lowest BCUT2D eigenvalue weighted by atomic mass is 10.0. The van der Waals surface area contributed by atoms with Gasteiger partial charge in [-0.3, -0.25) is 9.59 Å². The smallest absolute Gasteiger partial charge is 0.261 e. The third kappa shape index (κ3) is 8.15. The van der Waals surface area contributed by atoms with Gasteiger partial charge in [0.15, 0.2) is 6.61 Å². The highest BCUT2D eigenvalue weighted by Crippen LogP contribution is 2.18. The van der Waals surface area contributed by atoms with Crippen molar-refractivity contribution < 1.29 is 23.8 Å². The summed E-state index contributed by atoms with van der Waals surface area (Å²) in [5.41, 5.74) is 1.83. The first-order valence-electron chi connectivity index (χ1n) is 11.5. The Morgan fingerprint density at radius 3 is 2.11 bits per heavy atom. The van der Waals surface area contributed by atoms with E-state index in [1.165, 1.54) is 0 Å². The fourth-order valence-electron chi connectivity index (χ4n) is 3.62. The van der Waals surface area contributed by atoms with Crippen molar-refractivity contribution in [2.24, 2.45) is 0 Å². The summed E-state index contributed by atoms with van der Waals surface area (Å²) in [5, 5.41) is 2.90. The molecule has 0 aliphatic carbocycles. The molecule has 0 fully saturated rings. The number of carbonyl (C=O) groups excluding carboxylic acids is 2. The molecule has 7 nitrogen and oxygen atoms in total. The second-order valence-electron chi connectivity index (χ2n) is 7.96. The zero-order valence-corrected chi connectivity index (χ0v) is 20.2. The van der Waals surface area contributed by atoms with Gasteiger partial charge in [-0.05, 0) is 35.4 Å². The second kappa shape index (κ2) is 13.8. The van der Waals surface area contributed by atoms with E-state index < -0.39 is 6.04 Å². The minimum absolute atomic E-state index is 0.184. The quantitative estimate of drug-likeness (QED) is 0.382. The van der Waals surface area contributed by atoms with Gasteiger partial charge in [0.2, 0.25) is 5.91 Å². The molecule has 3 aromatic rings. The Balaban J connectivity index is 1.87. The van der Waals surface area contributed by atoms with Gasteiger partial charge in [-0.25, -0.2) is 0 Å². The monoisotopic (exact) mass is 476 g/mol. The maximum Gasteiger partial charge on any atom is 0.261 e. The van der Waals surface area contributed by atoms with E-state index >= 15 is 0 Å². The van der Waals surface area contributed by atoms with Crippen LogP contribution >= 0.6 is 0 Å². The van der Waals surface area contributed by atoms with Crippen LogP contribution < -0.4 is 14.8 Å². The van der Waals surface area contributed by atoms with Crippen LogP contribution in [0.2, 0.25) is 0 Å². The molecule has 184 valence electrons. The van der Waals surface area contributed by atoms with Crippen molar-refractivity contribution in [3.8, 4) is 11.5 Å². The van der Waals surface area contributed by atoms with Crippen molar-refractivity contribution in [2.45, 2.75) is 19.0 Å². The zero-order chi connectivity index (χ0) is 24.9. The number of amides is 2. The van der Waals surface area contributed by atoms with Crippen LogP contribution in [0.3, 0.4) is 0 Å². The van der Waals surface area contributed by atoms with Crippen LogP contribution in [0.25, 0.3) is 0 Å². The van der Waals surface area contributed by atoms with Crippen LogP contribution in [0.1, 0.15) is 11.1 Å². The Bertz CT molecular complexity index is 1040. The largest absolute Gasteiger partial charge is 0.497 e. The highest BCUT2D eigenvalue weighted by Gasteiger charge is 2.30. The summed E-state index contributed by atoms with van der Waals surface area (Å²) in [4.78, 5) is 28.4. The van der Waals surface area contributed by atoms with Crippen LogP contribution in [-0.4, -0.2) is 56.7 Å². The number of nitrogens with zero attached hydrogens (tertiary/aromatic N) is 1. The first-order chi connectivity index (χ1) is 17.1. The summed E-state index contributed by atoms with van der Waals surface area (Å²) >= 11 is 0. The van der Waals surface area contributed by atoms with Crippen molar-refractivity contribution in [1.82, 2.24) is 10.2 Å². The van der Waals surface area contributed by atoms with Crippen molar-refractivity contribution in [1.29, 1.82) is 0 Å². The minimum atomic E-state index is -0.733. The molecular formula is C28H32N2O5. The molecule has 0 saturated carbocycles. The molecule has 7 heteroatoms. The Kier molecular flexibility index (Phi) is 10.1. The number of para-hydroxylation sites is 1. The van der Waals surface area contributed by atoms with E-state index in [4.69, 9.17) is 14.2 Å². The lowest BCUT2D eigenvalue weighted by molar-refractivity contribution is -0.142. The van der Waals surface area contributed by atoms with E-state index in [0.29, 0.717) is 25.3 Å². The average molecular weight is 477 g/mol. The average Bonchev–Trinajstić information content (AvgIpc) is 2.91. The van der Waals surface area contributed by atoms with E-state index in [1.54, 1.807) is 31.3 Å². The van der Waals surface area contributed by atoms with Crippen LogP contribution in [0.15, 0.2) is 84.9 Å². The summed E-state index contributed by atoms with van der Waals surface area (Å²) in [6.45, 7) is 0.798. The molecule has 0 aliphatic heterocycles. The highest BCUT2D eigenvalue weighted by molar-refractivity contribution is 5.88. The number of nitrogens with one attached hydrogen (secondary N) is 1. The maximum absolute atomic E-state index is 13.5. The Hall–Kier alpha value is -3.84. The van der Waals surface area contributed by atoms with E-state index in [1.807, 2.05) is 72.8 Å². The van der Waals surface area contributed by atoms with E-state index in [2.05, 4.69) is 5.32 Å². The molecule has 0 saturated heterocycles. The number of hydrogen-bond acceptors (Lipinski definition) is 5. The van der Waals surface area contributed by atoms with Crippen LogP contribution in [0, 0.1) is 0 Å². The highest BCUT2D eigenvalue weighted by atomic mass is 16.5. The number of benzene rings is 3. The van der Waals surface area contributed by atoms with Gasteiger partial charge >= 0.3 is 0 Å². The molecule has 0 aromatic heterocycles. The normalized spacial score (nSPS) is 11.4. The van der Waals surface area contributed by atoms with Gasteiger partial charge in [0.1, 0.15) is 17.5 Å². The molecule has 0 spiro atoms. The molecule has 0 heterocycles. The molecule has 1 N–H and O–H groups in total. The SMILES string of the molecule is COCCNC(=O)[C@@H](Cc1ccccc1)N(Cc1ccc(OC)cc1)C(=O)COc1ccccc1. The molecule has 0 aliphatic rings. The van der Waals surface area contributed by atoms with Crippen molar-refractivity contribution in [2.75, 3.05) is 34.0 Å². The molecule has 0 unspecified atom stereocenters. The van der Waals surface area contributed by atoms with Crippen molar-refractivity contribution in [3.05, 3.63) is 96.1 Å². The lowest BCUT2D eigenvalue weighted by Gasteiger charge is -2.31. The van der Waals surface area contributed by atoms with E-state index in [-0.39, 0.29) is 25.0 Å². The summed E-state index contributed by atoms with van der Waals surface area (Å²) in [7, 11) is 3.18. The zero-order valence-electron chi connectivity index (χ0n) is 20.2. The molecule has 2 amide bonds. The Morgan fingerprint density at radius 1 is 0.829 bits per heavy atom. The fourth-order valence-corrected chi connectivity index (χ4v) is 3.62. The predicted octanol–water partition coefficient (Wildman–Crippen LogP) is 3.48. The maximum atomic E-state index is 13.5. The molecule has 0 radical (unpaired) electrons. The van der Waals surface area contributed by atoms with Gasteiger partial charge in [0, 0.05) is 26.6 Å². The molecule has 1 atom stereocenters. The van der Waals surface area contributed by atoms with Crippen molar-refractivity contribution >= 4 is 11.8 Å². The third-order valence-electron chi connectivity index (χ3n) is 5.49. The van der Waals surface area contributed by atoms with Gasteiger partial charge in [0.05, 0.1) is 13.7 Å². The molecular weight excluding hydrogens is 444 g/mol. The summed E-state index contributed by atoms with van der Waals surface area (Å²) in [5.74, 6) is 0.784. The van der Waals surface area contributed by atoms with Crippen LogP contribution in [0.4, 0.5) is 0 Å². The Morgan fingerprint density at radius 2 is 1.49 bits per heavy atom. The molecule has 35 heavy (non-hydrogen) atoms. The minimum Gasteiger partial charge on any atom is -0.497 e. The van der Waals surface area contributed by atoms with Gasteiger partial charge in [0.25, 0.3) is 5.91 Å². The first-order valence-corrected chi connectivity index (χ1v) is 11.5. The van der Waals surface area contributed by atoms with Crippen LogP contribution in [-0.2, 0) is 27.3 Å². The molecule has 3 rings (SSSR count). The number of rotatable bonds is 13. The summed E-state index contributed by atoms with van der Waals surface area (Å²) in [6.07, 6.45) is 0.368. The summed E-state index contributed by atoms with van der Waals surface area (Å²) < 4.78 is 16.1. The van der Waals surface area contributed by atoms with Crippen LogP contribution in [0.5, 0.6) is 11.5 Å².